The lowest BCUT2D eigenvalue weighted by Crippen LogP contribution is -2.35. The van der Waals surface area contributed by atoms with E-state index in [1.165, 1.54) is 0 Å². The molecule has 0 radical (unpaired) electrons. The van der Waals surface area contributed by atoms with Gasteiger partial charge in [0, 0.05) is 12.6 Å². The van der Waals surface area contributed by atoms with Gasteiger partial charge in [-0.3, -0.25) is 10.1 Å². The maximum Gasteiger partial charge on any atom is 0.315 e. The van der Waals surface area contributed by atoms with Crippen LogP contribution in [0.1, 0.15) is 41.0 Å². The van der Waals surface area contributed by atoms with Crippen molar-refractivity contribution >= 4 is 17.1 Å². The third-order valence-corrected chi connectivity index (χ3v) is 2.93. The number of hydrogen-bond donors (Lipinski definition) is 2. The predicted octanol–water partition coefficient (Wildman–Crippen LogP) is 4.26. The fourth-order valence-corrected chi connectivity index (χ4v) is 2.78. The van der Waals surface area contributed by atoms with Crippen molar-refractivity contribution in [1.29, 1.82) is 0 Å². The summed E-state index contributed by atoms with van der Waals surface area (Å²) in [7, 11) is 1.69. The molecule has 5 heteroatoms. The number of anilines is 2. The molecule has 20 heavy (non-hydrogen) atoms. The molecule has 112 valence electrons. The molecule has 1 rings (SSSR count). The van der Waals surface area contributed by atoms with E-state index in [1.54, 1.807) is 19.2 Å². The lowest BCUT2D eigenvalue weighted by molar-refractivity contribution is -0.383. The van der Waals surface area contributed by atoms with E-state index in [2.05, 4.69) is 45.3 Å². The van der Waals surface area contributed by atoms with Gasteiger partial charge in [0.2, 0.25) is 0 Å². The predicted molar refractivity (Wildman–Crippen MR) is 84.4 cm³/mol. The maximum absolute atomic E-state index is 11.3. The van der Waals surface area contributed by atoms with Crippen molar-refractivity contribution < 1.29 is 4.92 Å². The molecule has 2 N–H and O–H groups in total. The molecule has 1 aromatic carbocycles. The zero-order valence-electron chi connectivity index (χ0n) is 13.2. The summed E-state index contributed by atoms with van der Waals surface area (Å²) >= 11 is 0. The normalized spacial score (nSPS) is 12.1. The molecule has 0 unspecified atom stereocenters. The van der Waals surface area contributed by atoms with E-state index >= 15 is 0 Å². The van der Waals surface area contributed by atoms with Crippen LogP contribution in [-0.2, 0) is 0 Å². The minimum absolute atomic E-state index is 0.0944. The van der Waals surface area contributed by atoms with Gasteiger partial charge in [0.1, 0.15) is 11.4 Å². The fourth-order valence-electron chi connectivity index (χ4n) is 2.78. The molecule has 0 aromatic heterocycles. The molecule has 0 aliphatic carbocycles. The quantitative estimate of drug-likeness (QED) is 0.624. The molecule has 0 aliphatic rings. The number of benzene rings is 1. The van der Waals surface area contributed by atoms with Crippen molar-refractivity contribution in [1.82, 2.24) is 0 Å². The van der Waals surface area contributed by atoms with Crippen LogP contribution < -0.4 is 10.6 Å². The van der Waals surface area contributed by atoms with Gasteiger partial charge in [0.05, 0.1) is 4.92 Å². The highest BCUT2D eigenvalue weighted by atomic mass is 16.6. The smallest absolute Gasteiger partial charge is 0.315 e. The summed E-state index contributed by atoms with van der Waals surface area (Å²) in [6.07, 6.45) is 0.904. The Bertz CT molecular complexity index is 490. The summed E-state index contributed by atoms with van der Waals surface area (Å²) < 4.78 is 0. The van der Waals surface area contributed by atoms with Crippen LogP contribution in [0.3, 0.4) is 0 Å². The van der Waals surface area contributed by atoms with E-state index in [1.807, 2.05) is 6.07 Å². The molecule has 0 aliphatic heterocycles. The number of nitrogens with zero attached hydrogens (tertiary/aromatic N) is 1. The average molecular weight is 279 g/mol. The van der Waals surface area contributed by atoms with Gasteiger partial charge in [0.15, 0.2) is 0 Å². The Kier molecular flexibility index (Phi) is 4.63. The molecule has 0 heterocycles. The monoisotopic (exact) mass is 279 g/mol. The third kappa shape index (κ3) is 4.40. The first kappa shape index (κ1) is 16.3. The Labute approximate surface area is 120 Å². The largest absolute Gasteiger partial charge is 0.382 e. The van der Waals surface area contributed by atoms with E-state index < -0.39 is 0 Å². The summed E-state index contributed by atoms with van der Waals surface area (Å²) in [5.41, 5.74) is 1.08. The van der Waals surface area contributed by atoms with Crippen molar-refractivity contribution in [2.24, 2.45) is 5.41 Å². The Morgan fingerprint density at radius 3 is 2.15 bits per heavy atom. The van der Waals surface area contributed by atoms with E-state index in [0.29, 0.717) is 11.4 Å². The summed E-state index contributed by atoms with van der Waals surface area (Å²) in [5, 5.41) is 17.5. The van der Waals surface area contributed by atoms with Crippen LogP contribution in [0.15, 0.2) is 18.2 Å². The van der Waals surface area contributed by atoms with Crippen molar-refractivity contribution in [3.63, 3.8) is 0 Å². The van der Waals surface area contributed by atoms with E-state index in [4.69, 9.17) is 0 Å². The number of nitro groups is 1. The summed E-state index contributed by atoms with van der Waals surface area (Å²) in [4.78, 5) is 11.0. The second-order valence-electron chi connectivity index (χ2n) is 6.96. The van der Waals surface area contributed by atoms with Gasteiger partial charge in [0.25, 0.3) is 0 Å². The molecule has 0 bridgehead atoms. The highest BCUT2D eigenvalue weighted by Crippen LogP contribution is 2.36. The molecular weight excluding hydrogens is 254 g/mol. The summed E-state index contributed by atoms with van der Waals surface area (Å²) in [6.45, 7) is 10.6. The zero-order chi connectivity index (χ0) is 15.6. The molecule has 0 saturated heterocycles. The van der Waals surface area contributed by atoms with Crippen molar-refractivity contribution in [3.05, 3.63) is 28.3 Å². The molecule has 0 saturated carbocycles. The van der Waals surface area contributed by atoms with Gasteiger partial charge >= 0.3 is 5.69 Å². The third-order valence-electron chi connectivity index (χ3n) is 2.93. The number of hydrogen-bond acceptors (Lipinski definition) is 4. The summed E-state index contributed by atoms with van der Waals surface area (Å²) in [5.74, 6) is 0. The SMILES string of the molecule is CNc1cccc(NC(C)(C)CC(C)(C)C)c1[N+](=O)[O-]. The van der Waals surface area contributed by atoms with Crippen molar-refractivity contribution in [3.8, 4) is 0 Å². The molecule has 0 spiro atoms. The number of nitrogens with one attached hydrogen (secondary N) is 2. The highest BCUT2D eigenvalue weighted by molar-refractivity contribution is 5.76. The van der Waals surface area contributed by atoms with Crippen LogP contribution in [-0.4, -0.2) is 17.5 Å². The first-order valence-corrected chi connectivity index (χ1v) is 6.79. The molecule has 1 aromatic rings. The molecule has 5 nitrogen and oxygen atoms in total. The zero-order valence-corrected chi connectivity index (χ0v) is 13.2. The van der Waals surface area contributed by atoms with Crippen LogP contribution in [0.2, 0.25) is 0 Å². The molecule has 0 atom stereocenters. The van der Waals surface area contributed by atoms with Crippen LogP contribution in [0.5, 0.6) is 0 Å². The van der Waals surface area contributed by atoms with Gasteiger partial charge in [-0.15, -0.1) is 0 Å². The van der Waals surface area contributed by atoms with Crippen LogP contribution in [0.25, 0.3) is 0 Å². The number of rotatable bonds is 5. The van der Waals surface area contributed by atoms with Crippen molar-refractivity contribution in [2.45, 2.75) is 46.6 Å². The lowest BCUT2D eigenvalue weighted by Gasteiger charge is -2.34. The Hall–Kier alpha value is -1.78. The fraction of sp³-hybridized carbons (Fsp3) is 0.600. The maximum atomic E-state index is 11.3. The first-order valence-electron chi connectivity index (χ1n) is 6.79. The molecular formula is C15H25N3O2. The second-order valence-corrected chi connectivity index (χ2v) is 6.96. The van der Waals surface area contributed by atoms with Crippen LogP contribution in [0.4, 0.5) is 17.1 Å². The second kappa shape index (κ2) is 5.69. The van der Waals surface area contributed by atoms with Gasteiger partial charge in [-0.05, 0) is 37.8 Å². The highest BCUT2D eigenvalue weighted by Gasteiger charge is 2.28. The Morgan fingerprint density at radius 1 is 1.15 bits per heavy atom. The van der Waals surface area contributed by atoms with Crippen LogP contribution >= 0.6 is 0 Å². The number of para-hydroxylation sites is 1. The minimum atomic E-state index is -0.346. The Balaban J connectivity index is 3.12. The van der Waals surface area contributed by atoms with Gasteiger partial charge < -0.3 is 10.6 Å². The van der Waals surface area contributed by atoms with Gasteiger partial charge in [-0.25, -0.2) is 0 Å². The van der Waals surface area contributed by atoms with Gasteiger partial charge in [-0.1, -0.05) is 26.8 Å². The molecule has 0 fully saturated rings. The van der Waals surface area contributed by atoms with Crippen LogP contribution in [0, 0.1) is 15.5 Å². The topological polar surface area (TPSA) is 67.2 Å². The van der Waals surface area contributed by atoms with Gasteiger partial charge in [-0.2, -0.15) is 0 Å². The summed E-state index contributed by atoms with van der Waals surface area (Å²) in [6, 6.07) is 5.28. The van der Waals surface area contributed by atoms with E-state index in [9.17, 15) is 10.1 Å². The first-order chi connectivity index (χ1) is 9.06. The average Bonchev–Trinajstić information content (AvgIpc) is 2.23. The van der Waals surface area contributed by atoms with E-state index in [0.717, 1.165) is 6.42 Å². The van der Waals surface area contributed by atoms with E-state index in [-0.39, 0.29) is 21.6 Å². The standard InChI is InChI=1S/C15H25N3O2/c1-14(2,3)10-15(4,5)17-12-9-7-8-11(16-6)13(12)18(19)20/h7-9,16-17H,10H2,1-6H3. The number of nitro benzene ring substituents is 1. The minimum Gasteiger partial charge on any atom is -0.382 e. The Morgan fingerprint density at radius 2 is 1.70 bits per heavy atom. The molecule has 0 amide bonds. The van der Waals surface area contributed by atoms with Crippen molar-refractivity contribution in [2.75, 3.05) is 17.7 Å². The lowest BCUT2D eigenvalue weighted by atomic mass is 9.81.